The van der Waals surface area contributed by atoms with Crippen LogP contribution in [0.5, 0.6) is 0 Å². The van der Waals surface area contributed by atoms with Gasteiger partial charge in [-0.25, -0.2) is 4.79 Å². The predicted octanol–water partition coefficient (Wildman–Crippen LogP) is 2.59. The fourth-order valence-corrected chi connectivity index (χ4v) is 7.50. The van der Waals surface area contributed by atoms with Crippen molar-refractivity contribution in [2.75, 3.05) is 33.2 Å². The van der Waals surface area contributed by atoms with Crippen molar-refractivity contribution in [3.05, 3.63) is 0 Å². The molecule has 0 spiro atoms. The number of amides is 3. The fourth-order valence-electron chi connectivity index (χ4n) is 7.50. The van der Waals surface area contributed by atoms with Crippen LogP contribution in [-0.4, -0.2) is 66.5 Å². The van der Waals surface area contributed by atoms with Crippen LogP contribution >= 0.6 is 0 Å². The maximum absolute atomic E-state index is 12.8. The van der Waals surface area contributed by atoms with Gasteiger partial charge < -0.3 is 20.4 Å². The highest BCUT2D eigenvalue weighted by molar-refractivity contribution is 5.79. The van der Waals surface area contributed by atoms with Crippen LogP contribution in [0.4, 0.5) is 4.79 Å². The number of nitrogens with one attached hydrogen (secondary N) is 2. The quantitative estimate of drug-likeness (QED) is 0.763. The summed E-state index contributed by atoms with van der Waals surface area (Å²) in [5, 5.41) is 6.69. The second-order valence-corrected chi connectivity index (χ2v) is 11.0. The topological polar surface area (TPSA) is 64.7 Å². The zero-order chi connectivity index (χ0) is 20.0. The van der Waals surface area contributed by atoms with E-state index in [2.05, 4.69) is 27.5 Å². The Morgan fingerprint density at radius 2 is 1.38 bits per heavy atom. The molecule has 2 N–H and O–H groups in total. The highest BCUT2D eigenvalue weighted by atomic mass is 16.2. The molecule has 3 amide bonds. The van der Waals surface area contributed by atoms with Gasteiger partial charge in [0.25, 0.3) is 0 Å². The number of hydrogen-bond acceptors (Lipinski definition) is 3. The van der Waals surface area contributed by atoms with E-state index in [1.54, 1.807) is 0 Å². The average molecular weight is 403 g/mol. The van der Waals surface area contributed by atoms with Gasteiger partial charge in [0.1, 0.15) is 0 Å². The minimum Gasteiger partial charge on any atom is -0.340 e. The summed E-state index contributed by atoms with van der Waals surface area (Å²) in [5.41, 5.74) is 0.0768. The van der Waals surface area contributed by atoms with Gasteiger partial charge in [-0.1, -0.05) is 0 Å². The van der Waals surface area contributed by atoms with Gasteiger partial charge in [-0.15, -0.1) is 0 Å². The number of likely N-dealkylation sites (N-methyl/N-ethyl adjacent to an activating group) is 1. The first-order valence-corrected chi connectivity index (χ1v) is 12.0. The van der Waals surface area contributed by atoms with Gasteiger partial charge in [0.2, 0.25) is 5.91 Å². The summed E-state index contributed by atoms with van der Waals surface area (Å²) in [6.07, 6.45) is 11.4. The molecule has 0 aromatic carbocycles. The van der Waals surface area contributed by atoms with Crippen molar-refractivity contribution in [1.82, 2.24) is 20.4 Å². The summed E-state index contributed by atoms with van der Waals surface area (Å²) in [5.74, 6) is 3.03. The summed E-state index contributed by atoms with van der Waals surface area (Å²) < 4.78 is 0. The van der Waals surface area contributed by atoms with E-state index in [1.807, 2.05) is 0 Å². The molecule has 5 aliphatic carbocycles. The van der Waals surface area contributed by atoms with E-state index in [0.29, 0.717) is 5.91 Å². The molecule has 1 aliphatic heterocycles. The Hall–Kier alpha value is -1.30. The lowest BCUT2D eigenvalue weighted by Gasteiger charge is -2.56. The van der Waals surface area contributed by atoms with Gasteiger partial charge in [0.05, 0.1) is 0 Å². The van der Waals surface area contributed by atoms with E-state index in [0.717, 1.165) is 69.6 Å². The fraction of sp³-hybridized carbons (Fsp3) is 0.913. The van der Waals surface area contributed by atoms with Crippen LogP contribution < -0.4 is 10.6 Å². The third kappa shape index (κ3) is 4.14. The number of hydrogen-bond donors (Lipinski definition) is 2. The zero-order valence-electron chi connectivity index (χ0n) is 18.0. The number of carbonyl (C=O) groups excluding carboxylic acids is 2. The Morgan fingerprint density at radius 3 is 1.93 bits per heavy atom. The van der Waals surface area contributed by atoms with E-state index >= 15 is 0 Å². The van der Waals surface area contributed by atoms with Gasteiger partial charge in [-0.05, 0) is 89.0 Å². The molecule has 6 fully saturated rings. The lowest BCUT2D eigenvalue weighted by Crippen LogP contribution is -2.62. The molecule has 0 atom stereocenters. The van der Waals surface area contributed by atoms with Crippen LogP contribution in [0.2, 0.25) is 0 Å². The van der Waals surface area contributed by atoms with Gasteiger partial charge in [0, 0.05) is 43.7 Å². The van der Waals surface area contributed by atoms with Crippen molar-refractivity contribution < 1.29 is 9.59 Å². The molecule has 6 nitrogen and oxygen atoms in total. The van der Waals surface area contributed by atoms with Gasteiger partial charge in [-0.3, -0.25) is 4.79 Å². The van der Waals surface area contributed by atoms with E-state index in [4.69, 9.17) is 0 Å². The Kier molecular flexibility index (Phi) is 5.25. The first-order chi connectivity index (χ1) is 14.0. The summed E-state index contributed by atoms with van der Waals surface area (Å²) >= 11 is 0. The van der Waals surface area contributed by atoms with E-state index in [1.165, 1.54) is 38.5 Å². The molecular formula is C23H38N4O2. The Balaban J connectivity index is 1.08. The number of nitrogens with zero attached hydrogens (tertiary/aromatic N) is 2. The van der Waals surface area contributed by atoms with Crippen molar-refractivity contribution >= 4 is 11.9 Å². The second-order valence-electron chi connectivity index (χ2n) is 11.0. The van der Waals surface area contributed by atoms with Gasteiger partial charge >= 0.3 is 6.03 Å². The molecule has 0 radical (unpaired) electrons. The van der Waals surface area contributed by atoms with Crippen molar-refractivity contribution in [3.63, 3.8) is 0 Å². The molecular weight excluding hydrogens is 364 g/mol. The molecule has 0 aromatic heterocycles. The Morgan fingerprint density at radius 1 is 0.828 bits per heavy atom. The molecule has 4 bridgehead atoms. The minimum atomic E-state index is 0.0424. The van der Waals surface area contributed by atoms with Crippen LogP contribution in [0.25, 0.3) is 0 Å². The summed E-state index contributed by atoms with van der Waals surface area (Å²) in [7, 11) is 2.12. The van der Waals surface area contributed by atoms with Gasteiger partial charge in [-0.2, -0.15) is 0 Å². The van der Waals surface area contributed by atoms with Crippen LogP contribution in [-0.2, 0) is 4.79 Å². The van der Waals surface area contributed by atoms with Crippen LogP contribution in [0, 0.1) is 23.7 Å². The first kappa shape index (κ1) is 19.7. The van der Waals surface area contributed by atoms with E-state index in [9.17, 15) is 9.59 Å². The van der Waals surface area contributed by atoms with Crippen LogP contribution in [0.1, 0.15) is 64.2 Å². The largest absolute Gasteiger partial charge is 0.340 e. The third-order valence-corrected chi connectivity index (χ3v) is 8.64. The molecule has 5 saturated carbocycles. The highest BCUT2D eigenvalue weighted by Crippen LogP contribution is 2.55. The van der Waals surface area contributed by atoms with Crippen molar-refractivity contribution in [1.29, 1.82) is 0 Å². The molecule has 6 aliphatic rings. The zero-order valence-corrected chi connectivity index (χ0v) is 18.0. The number of rotatable bonds is 3. The van der Waals surface area contributed by atoms with E-state index in [-0.39, 0.29) is 23.5 Å². The standard InChI is InChI=1S/C23H38N4O2/c1-26-6-8-27(9-7-26)21(28)19-2-4-20(5-3-19)24-22(29)25-23-13-16-10-17(14-23)12-18(11-16)15-23/h16-20H,2-15H2,1H3,(H2,24,25,29). The number of piperazine rings is 1. The van der Waals surface area contributed by atoms with Crippen molar-refractivity contribution in [2.24, 2.45) is 23.7 Å². The summed E-state index contributed by atoms with van der Waals surface area (Å²) in [4.78, 5) is 29.9. The molecule has 0 unspecified atom stereocenters. The van der Waals surface area contributed by atoms with Crippen molar-refractivity contribution in [2.45, 2.75) is 75.8 Å². The van der Waals surface area contributed by atoms with Crippen LogP contribution in [0.3, 0.4) is 0 Å². The van der Waals surface area contributed by atoms with E-state index < -0.39 is 0 Å². The molecule has 0 aromatic rings. The maximum Gasteiger partial charge on any atom is 0.315 e. The Bertz CT molecular complexity index is 600. The lowest BCUT2D eigenvalue weighted by atomic mass is 9.53. The average Bonchev–Trinajstić information content (AvgIpc) is 2.67. The minimum absolute atomic E-state index is 0.0424. The normalized spacial score (nSPS) is 42.0. The predicted molar refractivity (Wildman–Crippen MR) is 112 cm³/mol. The monoisotopic (exact) mass is 402 g/mol. The van der Waals surface area contributed by atoms with Gasteiger partial charge in [0.15, 0.2) is 0 Å². The molecule has 6 heteroatoms. The molecule has 1 heterocycles. The molecule has 162 valence electrons. The first-order valence-electron chi connectivity index (χ1n) is 12.0. The SMILES string of the molecule is CN1CCN(C(=O)C2CCC(NC(=O)NC34CC5CC(CC(C5)C3)C4)CC2)CC1. The number of urea groups is 1. The highest BCUT2D eigenvalue weighted by Gasteiger charge is 2.51. The van der Waals surface area contributed by atoms with Crippen LogP contribution in [0.15, 0.2) is 0 Å². The Labute approximate surface area is 175 Å². The lowest BCUT2D eigenvalue weighted by molar-refractivity contribution is -0.138. The maximum atomic E-state index is 12.8. The summed E-state index contributed by atoms with van der Waals surface area (Å²) in [6.45, 7) is 3.68. The number of carbonyl (C=O) groups is 2. The molecule has 29 heavy (non-hydrogen) atoms. The smallest absolute Gasteiger partial charge is 0.315 e. The summed E-state index contributed by atoms with van der Waals surface area (Å²) in [6, 6.07) is 0.265. The third-order valence-electron chi connectivity index (χ3n) is 8.64. The molecule has 1 saturated heterocycles. The van der Waals surface area contributed by atoms with Crippen molar-refractivity contribution in [3.8, 4) is 0 Å². The second kappa shape index (κ2) is 7.75. The molecule has 6 rings (SSSR count).